The molecule has 5 aromatic rings. The highest BCUT2D eigenvalue weighted by molar-refractivity contribution is 7.78. The summed E-state index contributed by atoms with van der Waals surface area (Å²) in [5.74, 6) is -0.853. The average molecular weight is 1110 g/mol. The van der Waals surface area contributed by atoms with Gasteiger partial charge in [0.25, 0.3) is 5.91 Å². The van der Waals surface area contributed by atoms with Crippen LogP contribution in [0.3, 0.4) is 0 Å². The molecule has 8 heterocycles. The Morgan fingerprint density at radius 2 is 1.90 bits per heavy atom. The summed E-state index contributed by atoms with van der Waals surface area (Å²) >= 11 is 13.3. The second kappa shape index (κ2) is 21.3. The van der Waals surface area contributed by atoms with Crippen LogP contribution in [0.25, 0.3) is 39.9 Å². The number of pyridine rings is 1. The van der Waals surface area contributed by atoms with Gasteiger partial charge in [0, 0.05) is 57.9 Å². The lowest BCUT2D eigenvalue weighted by atomic mass is 9.86. The van der Waals surface area contributed by atoms with Gasteiger partial charge in [0.1, 0.15) is 53.8 Å². The van der Waals surface area contributed by atoms with Crippen LogP contribution in [0.5, 0.6) is 11.8 Å². The van der Waals surface area contributed by atoms with Gasteiger partial charge in [-0.1, -0.05) is 37.3 Å². The first-order valence-corrected chi connectivity index (χ1v) is 28.1. The molecule has 3 saturated heterocycles. The second-order valence-electron chi connectivity index (χ2n) is 21.0. The summed E-state index contributed by atoms with van der Waals surface area (Å²) in [7, 11) is 0. The predicted octanol–water partition coefficient (Wildman–Crippen LogP) is 8.49. The first kappa shape index (κ1) is 53.0. The van der Waals surface area contributed by atoms with Crippen LogP contribution in [0.1, 0.15) is 99.2 Å². The van der Waals surface area contributed by atoms with Crippen molar-refractivity contribution in [3.8, 4) is 23.9 Å². The molecule has 20 heteroatoms. The first-order chi connectivity index (χ1) is 37.7. The van der Waals surface area contributed by atoms with Crippen LogP contribution in [-0.4, -0.2) is 111 Å². The molecule has 0 bridgehead atoms. The van der Waals surface area contributed by atoms with Crippen molar-refractivity contribution in [1.82, 2.24) is 29.7 Å². The number of anilines is 2. The summed E-state index contributed by atoms with van der Waals surface area (Å²) in [5.41, 5.74) is 15.2. The minimum absolute atomic E-state index is 0.00487. The van der Waals surface area contributed by atoms with E-state index in [1.54, 1.807) is 17.3 Å². The molecule has 3 fully saturated rings. The van der Waals surface area contributed by atoms with Crippen molar-refractivity contribution in [1.29, 1.82) is 10.5 Å². The highest BCUT2D eigenvalue weighted by Crippen LogP contribution is 2.45. The van der Waals surface area contributed by atoms with Gasteiger partial charge in [-0.2, -0.15) is 20.5 Å². The smallest absolute Gasteiger partial charge is 0.319 e. The summed E-state index contributed by atoms with van der Waals surface area (Å²) in [5, 5.41) is 21.5. The highest BCUT2D eigenvalue weighted by atomic mass is 35.5. The summed E-state index contributed by atoms with van der Waals surface area (Å²) in [6.07, 6.45) is 9.95. The Morgan fingerprint density at radius 3 is 2.63 bits per heavy atom. The van der Waals surface area contributed by atoms with Crippen LogP contribution < -0.4 is 29.9 Å². The molecule has 0 radical (unpaired) electrons. The first-order valence-electron chi connectivity index (χ1n) is 26.4. The zero-order chi connectivity index (χ0) is 54.7. The predicted molar refractivity (Wildman–Crippen MR) is 300 cm³/mol. The standard InChI is InChI=1S/C58H57ClF2N10O5S2/c1-5-35-38(31(2)28-74-56(35)73)23-46-51-43(27-69(46)30-77)36-9-6-10-37-47(12-11-45(65-51)49(36)37)76-33(4)32(3)55(72)71-20-19-68(26-34(71)13-16-62)54-41-22-44(59)40(21-39-42(25-63)53(64)78-48(39)24-60)50(61)52(41)66-57(67-54)75-29-58-14-7-17-70(58)18-8-15-58/h11-12,21-24,30,33-35H,3,5-10,13-15,17-20,26-29,64H2,1-2,4H3/b39-21+,46-23-,48-24-. The van der Waals surface area contributed by atoms with Crippen molar-refractivity contribution < 1.29 is 32.6 Å². The second-order valence-corrected chi connectivity index (χ2v) is 22.7. The largest absolute Gasteiger partial charge is 0.486 e. The monoisotopic (exact) mass is 1110 g/mol. The van der Waals surface area contributed by atoms with E-state index >= 15 is 4.39 Å². The fraction of sp³-hybridized carbons (Fsp3) is 0.414. The number of halogens is 3. The van der Waals surface area contributed by atoms with Crippen LogP contribution in [0.4, 0.5) is 19.6 Å². The topological polar surface area (TPSA) is 187 Å². The molecule has 3 atom stereocenters. The Hall–Kier alpha value is -7.03. The molecule has 15 nitrogen and oxygen atoms in total. The Balaban J connectivity index is 0.873. The third kappa shape index (κ3) is 9.11. The Labute approximate surface area is 464 Å². The molecule has 1 aliphatic carbocycles. The molecule has 6 aliphatic rings. The van der Waals surface area contributed by atoms with Gasteiger partial charge in [0.05, 0.1) is 74.1 Å². The number of thiocarbonyl (C=S) groups is 1. The van der Waals surface area contributed by atoms with E-state index < -0.39 is 18.0 Å². The average Bonchev–Trinajstić information content (AvgIpc) is 4.38. The number of hydrogen-bond donors (Lipinski definition) is 1. The number of nitrogens with zero attached hydrogens (tertiary/aromatic N) is 9. The zero-order valence-electron chi connectivity index (χ0n) is 43.6. The van der Waals surface area contributed by atoms with Gasteiger partial charge in [0.2, 0.25) is 0 Å². The number of aromatic nitrogens is 3. The van der Waals surface area contributed by atoms with Crippen LogP contribution in [-0.2, 0) is 33.7 Å². The lowest BCUT2D eigenvalue weighted by molar-refractivity contribution is -0.147. The number of carbonyl (C=O) groups excluding carboxylic acids is 2. The van der Waals surface area contributed by atoms with Crippen molar-refractivity contribution in [3.05, 3.63) is 102 Å². The van der Waals surface area contributed by atoms with E-state index in [-0.39, 0.29) is 109 Å². The number of esters is 1. The number of carbonyl (C=O) groups is 2. The maximum Gasteiger partial charge on any atom is 0.319 e. The van der Waals surface area contributed by atoms with Crippen molar-refractivity contribution >= 4 is 103 Å². The Morgan fingerprint density at radius 1 is 1.12 bits per heavy atom. The lowest BCUT2D eigenvalue weighted by Crippen LogP contribution is -2.56. The number of aryl methyl sites for hydroxylation is 2. The van der Waals surface area contributed by atoms with E-state index in [0.717, 1.165) is 114 Å². The molecule has 1 amide bonds. The van der Waals surface area contributed by atoms with E-state index in [0.29, 0.717) is 37.5 Å². The van der Waals surface area contributed by atoms with Crippen molar-refractivity contribution in [2.75, 3.05) is 56.6 Å². The van der Waals surface area contributed by atoms with Gasteiger partial charge in [-0.3, -0.25) is 14.5 Å². The molecule has 0 spiro atoms. The number of ether oxygens (including phenoxy) is 3. The van der Waals surface area contributed by atoms with Gasteiger partial charge < -0.3 is 34.6 Å². The summed E-state index contributed by atoms with van der Waals surface area (Å²) in [4.78, 5) is 50.2. The number of nitrogen functional groups attached to an aromatic ring is 1. The highest BCUT2D eigenvalue weighted by Gasteiger charge is 2.45. The van der Waals surface area contributed by atoms with Crippen LogP contribution in [0, 0.1) is 34.4 Å². The van der Waals surface area contributed by atoms with Crippen LogP contribution in [0.2, 0.25) is 5.02 Å². The number of allylic oxidation sites excluding steroid dienone is 1. The Bertz CT molecular complexity index is 3670. The number of benzene rings is 2. The quantitative estimate of drug-likeness (QED) is 0.0671. The minimum Gasteiger partial charge on any atom is -0.486 e. The Kier molecular flexibility index (Phi) is 14.5. The van der Waals surface area contributed by atoms with Gasteiger partial charge in [0.15, 0.2) is 5.82 Å². The molecule has 2 N–H and O–H groups in total. The normalized spacial score (nSPS) is 21.3. The van der Waals surface area contributed by atoms with Crippen molar-refractivity contribution in [3.63, 3.8) is 0 Å². The molecule has 3 unspecified atom stereocenters. The van der Waals surface area contributed by atoms with Crippen molar-refractivity contribution in [2.24, 2.45) is 5.92 Å². The molecule has 0 saturated carbocycles. The van der Waals surface area contributed by atoms with Gasteiger partial charge in [-0.25, -0.2) is 13.8 Å². The zero-order valence-corrected chi connectivity index (χ0v) is 46.0. The van der Waals surface area contributed by atoms with Crippen molar-refractivity contribution in [2.45, 2.75) is 103 Å². The SMILES string of the molecule is C=C(C(=O)N1CCN(c2nc(OCC34CCCN3CCC4)nc3c(F)c(/C=c4\c(C#N)c(N)s\c4=C/F)c(Cl)cc23)CC1CC#N)C(C)Oc1ccc2nc3c(c4c2c1CCC4)CN(C=S)/C3=C\C1=C(C)COC(=O)C1CC. The van der Waals surface area contributed by atoms with E-state index in [1.165, 1.54) is 17.7 Å². The number of amides is 1. The maximum atomic E-state index is 17.2. The maximum absolute atomic E-state index is 17.2. The van der Waals surface area contributed by atoms with E-state index in [9.17, 15) is 24.5 Å². The number of thiophene rings is 1. The number of fused-ring (bicyclic) bond motifs is 4. The summed E-state index contributed by atoms with van der Waals surface area (Å²) in [6.45, 7) is 13.6. The molecular weight excluding hydrogens is 1050 g/mol. The molecule has 5 aliphatic heterocycles. The van der Waals surface area contributed by atoms with Gasteiger partial charge >= 0.3 is 12.0 Å². The molecular formula is C58H57ClF2N10O5S2. The number of nitrogens with two attached hydrogens (primary N) is 1. The van der Waals surface area contributed by atoms with Crippen LogP contribution in [0.15, 0.2) is 47.6 Å². The number of cyclic esters (lactones) is 1. The minimum atomic E-state index is -0.835. The fourth-order valence-corrected chi connectivity index (χ4v) is 13.9. The number of rotatable bonds is 13. The molecule has 3 aromatic heterocycles. The molecule has 78 heavy (non-hydrogen) atoms. The third-order valence-corrected chi connectivity index (χ3v) is 18.2. The molecule has 2 aromatic carbocycles. The van der Waals surface area contributed by atoms with Gasteiger partial charge in [-0.15, -0.1) is 11.3 Å². The third-order valence-electron chi connectivity index (χ3n) is 16.7. The lowest BCUT2D eigenvalue weighted by Gasteiger charge is -2.42. The molecule has 402 valence electrons. The summed E-state index contributed by atoms with van der Waals surface area (Å²) < 4.78 is 49.9. The number of piperazine rings is 1. The van der Waals surface area contributed by atoms with E-state index in [1.807, 2.05) is 41.8 Å². The number of hydrogen-bond acceptors (Lipinski definition) is 15. The summed E-state index contributed by atoms with van der Waals surface area (Å²) in [6, 6.07) is 8.95. The van der Waals surface area contributed by atoms with Gasteiger partial charge in [-0.05, 0) is 125 Å². The van der Waals surface area contributed by atoms with E-state index in [4.69, 9.17) is 53.7 Å². The number of nitriles is 2. The van der Waals surface area contributed by atoms with Crippen LogP contribution >= 0.6 is 35.2 Å². The van der Waals surface area contributed by atoms with E-state index in [2.05, 4.69) is 28.6 Å². The fourth-order valence-electron chi connectivity index (χ4n) is 12.6. The molecule has 11 rings (SSSR count).